The highest BCUT2D eigenvalue weighted by Gasteiger charge is 2.31. The largest absolute Gasteiger partial charge is 0.490 e. The van der Waals surface area contributed by atoms with Gasteiger partial charge >= 0.3 is 5.97 Å². The van der Waals surface area contributed by atoms with Gasteiger partial charge in [-0.05, 0) is 57.0 Å². The van der Waals surface area contributed by atoms with Crippen LogP contribution in [0.3, 0.4) is 0 Å². The number of primary amides is 1. The Morgan fingerprint density at radius 3 is 2.55 bits per heavy atom. The number of nitrogens with two attached hydrogens (primary N) is 1. The van der Waals surface area contributed by atoms with E-state index < -0.39 is 17.8 Å². The first-order valence-corrected chi connectivity index (χ1v) is 11.2. The number of likely N-dealkylation sites (tertiary alicyclic amines) is 1. The molecule has 1 aromatic carbocycles. The van der Waals surface area contributed by atoms with Gasteiger partial charge in [0.15, 0.2) is 0 Å². The van der Waals surface area contributed by atoms with E-state index in [4.69, 9.17) is 15.2 Å². The quantitative estimate of drug-likeness (QED) is 0.535. The van der Waals surface area contributed by atoms with E-state index in [1.54, 1.807) is 24.4 Å². The first kappa shape index (κ1) is 22.8. The molecule has 1 aliphatic heterocycles. The number of aromatic nitrogens is 2. The molecule has 8 heteroatoms. The molecule has 0 aliphatic carbocycles. The number of H-pyrrole nitrogens is 1. The van der Waals surface area contributed by atoms with Crippen LogP contribution in [0.25, 0.3) is 10.9 Å². The maximum Gasteiger partial charge on any atom is 0.354 e. The standard InChI is InChI=1S/C25H30N4O4/c1-15(2)29-12-9-16(10-13-29)33-17-7-8-19-18(14-17)21(23(28-19)25(31)32-3)22(24(26)30)20-6-4-5-11-27-20/h4-8,11,14-16,22,28H,9-10,12-13H2,1-3H3,(H2,26,30). The van der Waals surface area contributed by atoms with Crippen LogP contribution < -0.4 is 10.5 Å². The predicted molar refractivity (Wildman–Crippen MR) is 125 cm³/mol. The molecule has 1 unspecified atom stereocenters. The summed E-state index contributed by atoms with van der Waals surface area (Å²) < 4.78 is 11.3. The molecule has 174 valence electrons. The second-order valence-corrected chi connectivity index (χ2v) is 8.65. The third-order valence-electron chi connectivity index (χ3n) is 6.27. The van der Waals surface area contributed by atoms with Gasteiger partial charge in [0.1, 0.15) is 23.5 Å². The molecule has 1 fully saturated rings. The van der Waals surface area contributed by atoms with Crippen LogP contribution >= 0.6 is 0 Å². The Labute approximate surface area is 193 Å². The van der Waals surface area contributed by atoms with E-state index in [1.807, 2.05) is 18.2 Å². The van der Waals surface area contributed by atoms with Gasteiger partial charge in [0, 0.05) is 41.8 Å². The SMILES string of the molecule is COC(=O)c1[nH]c2ccc(OC3CCN(C(C)C)CC3)cc2c1C(C(N)=O)c1ccccn1. The van der Waals surface area contributed by atoms with Crippen LogP contribution in [-0.4, -0.2) is 59.1 Å². The number of amides is 1. The van der Waals surface area contributed by atoms with Crippen LogP contribution in [0.5, 0.6) is 5.75 Å². The van der Waals surface area contributed by atoms with Crippen LogP contribution in [0, 0.1) is 0 Å². The molecule has 1 aliphatic rings. The summed E-state index contributed by atoms with van der Waals surface area (Å²) in [5.41, 5.74) is 7.59. The molecule has 3 heterocycles. The van der Waals surface area contributed by atoms with Gasteiger partial charge in [0.2, 0.25) is 5.91 Å². The number of hydrogen-bond donors (Lipinski definition) is 2. The van der Waals surface area contributed by atoms with Gasteiger partial charge in [-0.1, -0.05) is 6.07 Å². The lowest BCUT2D eigenvalue weighted by atomic mass is 9.91. The zero-order valence-corrected chi connectivity index (χ0v) is 19.2. The van der Waals surface area contributed by atoms with Crippen molar-refractivity contribution >= 4 is 22.8 Å². The minimum atomic E-state index is -0.918. The fraction of sp³-hybridized carbons (Fsp3) is 0.400. The Kier molecular flexibility index (Phi) is 6.65. The third-order valence-corrected chi connectivity index (χ3v) is 6.27. The number of benzene rings is 1. The number of carbonyl (C=O) groups is 2. The van der Waals surface area contributed by atoms with Crippen molar-refractivity contribution in [2.75, 3.05) is 20.2 Å². The lowest BCUT2D eigenvalue weighted by Crippen LogP contribution is -2.41. The summed E-state index contributed by atoms with van der Waals surface area (Å²) in [6.45, 7) is 6.40. The number of aromatic amines is 1. The van der Waals surface area contributed by atoms with E-state index in [1.165, 1.54) is 7.11 Å². The van der Waals surface area contributed by atoms with Gasteiger partial charge in [0.25, 0.3) is 0 Å². The second-order valence-electron chi connectivity index (χ2n) is 8.65. The van der Waals surface area contributed by atoms with E-state index in [-0.39, 0.29) is 11.8 Å². The average molecular weight is 451 g/mol. The second kappa shape index (κ2) is 9.62. The number of nitrogens with zero attached hydrogens (tertiary/aromatic N) is 2. The molecule has 3 N–H and O–H groups in total. The maximum absolute atomic E-state index is 12.6. The molecular formula is C25H30N4O4. The van der Waals surface area contributed by atoms with Crippen molar-refractivity contribution in [1.29, 1.82) is 0 Å². The predicted octanol–water partition coefficient (Wildman–Crippen LogP) is 3.22. The monoisotopic (exact) mass is 450 g/mol. The molecule has 33 heavy (non-hydrogen) atoms. The molecule has 3 aromatic rings. The maximum atomic E-state index is 12.6. The molecule has 8 nitrogen and oxygen atoms in total. The Balaban J connectivity index is 1.73. The highest BCUT2D eigenvalue weighted by molar-refractivity contribution is 6.03. The molecule has 0 saturated carbocycles. The van der Waals surface area contributed by atoms with Crippen LogP contribution in [0.2, 0.25) is 0 Å². The number of carbonyl (C=O) groups excluding carboxylic acids is 2. The van der Waals surface area contributed by atoms with Crippen LogP contribution in [0.15, 0.2) is 42.6 Å². The van der Waals surface area contributed by atoms with Crippen molar-refractivity contribution in [3.05, 3.63) is 59.5 Å². The van der Waals surface area contributed by atoms with Crippen molar-refractivity contribution in [3.63, 3.8) is 0 Å². The fourth-order valence-corrected chi connectivity index (χ4v) is 4.51. The topological polar surface area (TPSA) is 111 Å². The van der Waals surface area contributed by atoms with Crippen LogP contribution in [-0.2, 0) is 9.53 Å². The summed E-state index contributed by atoms with van der Waals surface area (Å²) in [6, 6.07) is 11.4. The summed E-state index contributed by atoms with van der Waals surface area (Å²) in [4.78, 5) is 35.0. The van der Waals surface area contributed by atoms with Crippen LogP contribution in [0.4, 0.5) is 0 Å². The number of nitrogens with one attached hydrogen (secondary N) is 1. The number of hydrogen-bond acceptors (Lipinski definition) is 6. The summed E-state index contributed by atoms with van der Waals surface area (Å²) in [5, 5.41) is 0.682. The molecule has 0 radical (unpaired) electrons. The Morgan fingerprint density at radius 2 is 1.94 bits per heavy atom. The van der Waals surface area contributed by atoms with Crippen LogP contribution in [0.1, 0.15) is 54.4 Å². The van der Waals surface area contributed by atoms with E-state index in [2.05, 4.69) is 28.7 Å². The third kappa shape index (κ3) is 4.71. The summed E-state index contributed by atoms with van der Waals surface area (Å²) in [6.07, 6.45) is 3.60. The highest BCUT2D eigenvalue weighted by atomic mass is 16.5. The summed E-state index contributed by atoms with van der Waals surface area (Å²) in [5.74, 6) is -1.41. The number of pyridine rings is 1. The molecule has 1 amide bonds. The van der Waals surface area contributed by atoms with Gasteiger partial charge < -0.3 is 25.1 Å². The number of rotatable bonds is 7. The zero-order chi connectivity index (χ0) is 23.5. The van der Waals surface area contributed by atoms with Gasteiger partial charge in [-0.25, -0.2) is 4.79 Å². The summed E-state index contributed by atoms with van der Waals surface area (Å²) >= 11 is 0. The van der Waals surface area contributed by atoms with Gasteiger partial charge in [-0.15, -0.1) is 0 Å². The molecule has 1 atom stereocenters. The number of ether oxygens (including phenoxy) is 2. The average Bonchev–Trinajstić information content (AvgIpc) is 3.18. The van der Waals surface area contributed by atoms with E-state index >= 15 is 0 Å². The van der Waals surface area contributed by atoms with Gasteiger partial charge in [-0.3, -0.25) is 9.78 Å². The lowest BCUT2D eigenvalue weighted by Gasteiger charge is -2.34. The lowest BCUT2D eigenvalue weighted by molar-refractivity contribution is -0.118. The number of fused-ring (bicyclic) bond motifs is 1. The zero-order valence-electron chi connectivity index (χ0n) is 19.2. The van der Waals surface area contributed by atoms with E-state index in [9.17, 15) is 9.59 Å². The number of esters is 1. The molecule has 2 aromatic heterocycles. The normalized spacial score (nSPS) is 16.1. The smallest absolute Gasteiger partial charge is 0.354 e. The highest BCUT2D eigenvalue weighted by Crippen LogP contribution is 2.36. The Hall–Kier alpha value is -3.39. The van der Waals surface area contributed by atoms with Crippen molar-refractivity contribution in [1.82, 2.24) is 14.9 Å². The van der Waals surface area contributed by atoms with E-state index in [0.717, 1.165) is 25.9 Å². The Bertz CT molecular complexity index is 1130. The minimum Gasteiger partial charge on any atom is -0.490 e. The molecule has 4 rings (SSSR count). The number of methoxy groups -OCH3 is 1. The first-order chi connectivity index (χ1) is 15.9. The van der Waals surface area contributed by atoms with Gasteiger partial charge in [0.05, 0.1) is 12.8 Å². The molecule has 1 saturated heterocycles. The molecular weight excluding hydrogens is 420 g/mol. The summed E-state index contributed by atoms with van der Waals surface area (Å²) in [7, 11) is 1.30. The van der Waals surface area contributed by atoms with E-state index in [0.29, 0.717) is 34.0 Å². The fourth-order valence-electron chi connectivity index (χ4n) is 4.51. The first-order valence-electron chi connectivity index (χ1n) is 11.2. The van der Waals surface area contributed by atoms with Crippen molar-refractivity contribution in [2.24, 2.45) is 5.73 Å². The molecule has 0 spiro atoms. The molecule has 0 bridgehead atoms. The Morgan fingerprint density at radius 1 is 1.18 bits per heavy atom. The van der Waals surface area contributed by atoms with Crippen molar-refractivity contribution in [3.8, 4) is 5.75 Å². The number of piperidine rings is 1. The minimum absolute atomic E-state index is 0.114. The van der Waals surface area contributed by atoms with Crippen molar-refractivity contribution in [2.45, 2.75) is 44.8 Å². The van der Waals surface area contributed by atoms with Crippen molar-refractivity contribution < 1.29 is 19.1 Å². The van der Waals surface area contributed by atoms with Gasteiger partial charge in [-0.2, -0.15) is 0 Å².